The first-order valence-corrected chi connectivity index (χ1v) is 6.73. The summed E-state index contributed by atoms with van der Waals surface area (Å²) in [5, 5.41) is 4.01. The summed E-state index contributed by atoms with van der Waals surface area (Å²) >= 11 is 9.64. The van der Waals surface area contributed by atoms with Gasteiger partial charge in [0, 0.05) is 9.50 Å². The van der Waals surface area contributed by atoms with Crippen LogP contribution in [0, 0.1) is 13.8 Å². The number of nitrogen functional groups attached to an aromatic ring is 1. The SMILES string of the molecule is Cc1ccc(Nc2cc(Cl)c(C)cc2Br)c(N)c1. The standard InChI is InChI=1S/C14H14BrClN2/c1-8-3-4-13(12(17)5-8)18-14-7-11(16)9(2)6-10(14)15/h3-7,18H,17H2,1-2H3. The zero-order valence-corrected chi connectivity index (χ0v) is 12.6. The van der Waals surface area contributed by atoms with Crippen molar-refractivity contribution in [3.8, 4) is 0 Å². The van der Waals surface area contributed by atoms with Gasteiger partial charge in [0.1, 0.15) is 0 Å². The number of hydrogen-bond acceptors (Lipinski definition) is 2. The molecule has 0 saturated carbocycles. The van der Waals surface area contributed by atoms with Crippen molar-refractivity contribution in [3.05, 3.63) is 51.0 Å². The molecule has 3 N–H and O–H groups in total. The van der Waals surface area contributed by atoms with Crippen LogP contribution in [-0.2, 0) is 0 Å². The van der Waals surface area contributed by atoms with Crippen LogP contribution in [0.25, 0.3) is 0 Å². The van der Waals surface area contributed by atoms with Crippen LogP contribution in [0.4, 0.5) is 17.1 Å². The molecular formula is C14H14BrClN2. The maximum atomic E-state index is 6.12. The second-order valence-electron chi connectivity index (χ2n) is 4.30. The minimum Gasteiger partial charge on any atom is -0.397 e. The Morgan fingerprint density at radius 3 is 2.50 bits per heavy atom. The third-order valence-corrected chi connectivity index (χ3v) is 3.79. The number of hydrogen-bond donors (Lipinski definition) is 2. The Kier molecular flexibility index (Phi) is 3.83. The summed E-state index contributed by atoms with van der Waals surface area (Å²) < 4.78 is 0.962. The minimum atomic E-state index is 0.721. The Labute approximate surface area is 120 Å². The molecule has 0 unspecified atom stereocenters. The zero-order chi connectivity index (χ0) is 13.3. The van der Waals surface area contributed by atoms with E-state index < -0.39 is 0 Å². The van der Waals surface area contributed by atoms with Crippen LogP contribution in [-0.4, -0.2) is 0 Å². The van der Waals surface area contributed by atoms with Crippen molar-refractivity contribution in [2.24, 2.45) is 0 Å². The highest BCUT2D eigenvalue weighted by Gasteiger charge is 2.06. The Hall–Kier alpha value is -1.19. The number of rotatable bonds is 2. The highest BCUT2D eigenvalue weighted by atomic mass is 79.9. The largest absolute Gasteiger partial charge is 0.397 e. The molecule has 0 fully saturated rings. The molecule has 0 aromatic heterocycles. The molecule has 0 amide bonds. The lowest BCUT2D eigenvalue weighted by Crippen LogP contribution is -1.97. The summed E-state index contributed by atoms with van der Waals surface area (Å²) in [6, 6.07) is 9.79. The van der Waals surface area contributed by atoms with Crippen molar-refractivity contribution >= 4 is 44.6 Å². The molecule has 18 heavy (non-hydrogen) atoms. The van der Waals surface area contributed by atoms with E-state index in [0.29, 0.717) is 0 Å². The topological polar surface area (TPSA) is 38.0 Å². The highest BCUT2D eigenvalue weighted by molar-refractivity contribution is 9.10. The molecule has 2 rings (SSSR count). The summed E-state index contributed by atoms with van der Waals surface area (Å²) in [6.45, 7) is 3.98. The van der Waals surface area contributed by atoms with Crippen LogP contribution in [0.15, 0.2) is 34.8 Å². The number of nitrogens with two attached hydrogens (primary N) is 1. The van der Waals surface area contributed by atoms with Gasteiger partial charge in [0.15, 0.2) is 0 Å². The second-order valence-corrected chi connectivity index (χ2v) is 5.56. The van der Waals surface area contributed by atoms with Crippen LogP contribution < -0.4 is 11.1 Å². The monoisotopic (exact) mass is 324 g/mol. The first kappa shape index (κ1) is 13.2. The molecular weight excluding hydrogens is 312 g/mol. The summed E-state index contributed by atoms with van der Waals surface area (Å²) in [6.07, 6.45) is 0. The Morgan fingerprint density at radius 1 is 1.11 bits per heavy atom. The molecule has 2 aromatic rings. The fraction of sp³-hybridized carbons (Fsp3) is 0.143. The van der Waals surface area contributed by atoms with Gasteiger partial charge in [-0.15, -0.1) is 0 Å². The molecule has 0 aliphatic carbocycles. The first-order valence-electron chi connectivity index (χ1n) is 5.56. The zero-order valence-electron chi connectivity index (χ0n) is 10.2. The molecule has 0 aliphatic rings. The molecule has 2 nitrogen and oxygen atoms in total. The van der Waals surface area contributed by atoms with Crippen LogP contribution in [0.2, 0.25) is 5.02 Å². The summed E-state index contributed by atoms with van der Waals surface area (Å²) in [7, 11) is 0. The van der Waals surface area contributed by atoms with Gasteiger partial charge in [0.25, 0.3) is 0 Å². The van der Waals surface area contributed by atoms with E-state index in [1.165, 1.54) is 0 Å². The van der Waals surface area contributed by atoms with Crippen molar-refractivity contribution in [2.75, 3.05) is 11.1 Å². The van der Waals surface area contributed by atoms with Gasteiger partial charge in [-0.25, -0.2) is 0 Å². The Balaban J connectivity index is 2.37. The third kappa shape index (κ3) is 2.79. The second kappa shape index (κ2) is 5.21. The Bertz CT molecular complexity index is 597. The van der Waals surface area contributed by atoms with E-state index in [2.05, 4.69) is 21.2 Å². The highest BCUT2D eigenvalue weighted by Crippen LogP contribution is 2.33. The number of nitrogens with one attached hydrogen (secondary N) is 1. The van der Waals surface area contributed by atoms with Gasteiger partial charge < -0.3 is 11.1 Å². The van der Waals surface area contributed by atoms with Gasteiger partial charge in [0.05, 0.1) is 17.1 Å². The molecule has 2 aromatic carbocycles. The van der Waals surface area contributed by atoms with Gasteiger partial charge in [-0.2, -0.15) is 0 Å². The average molecular weight is 326 g/mol. The maximum absolute atomic E-state index is 6.12. The molecule has 94 valence electrons. The van der Waals surface area contributed by atoms with Crippen LogP contribution in [0.1, 0.15) is 11.1 Å². The number of aryl methyl sites for hydroxylation is 2. The number of halogens is 2. The molecule has 0 radical (unpaired) electrons. The fourth-order valence-electron chi connectivity index (χ4n) is 1.68. The van der Waals surface area contributed by atoms with E-state index in [1.807, 2.05) is 44.2 Å². The molecule has 0 spiro atoms. The molecule has 0 aliphatic heterocycles. The lowest BCUT2D eigenvalue weighted by atomic mass is 10.1. The summed E-state index contributed by atoms with van der Waals surface area (Å²) in [4.78, 5) is 0. The van der Waals surface area contributed by atoms with Crippen molar-refractivity contribution in [3.63, 3.8) is 0 Å². The first-order chi connectivity index (χ1) is 8.47. The van der Waals surface area contributed by atoms with E-state index in [1.54, 1.807) is 0 Å². The lowest BCUT2D eigenvalue weighted by Gasteiger charge is -2.13. The molecule has 4 heteroatoms. The number of benzene rings is 2. The van der Waals surface area contributed by atoms with E-state index in [0.717, 1.165) is 37.7 Å². The van der Waals surface area contributed by atoms with Gasteiger partial charge >= 0.3 is 0 Å². The quantitative estimate of drug-likeness (QED) is 0.759. The lowest BCUT2D eigenvalue weighted by molar-refractivity contribution is 1.42. The Morgan fingerprint density at radius 2 is 1.83 bits per heavy atom. The summed E-state index contributed by atoms with van der Waals surface area (Å²) in [5.41, 5.74) is 10.6. The normalized spacial score (nSPS) is 10.4. The predicted molar refractivity (Wildman–Crippen MR) is 82.8 cm³/mol. The molecule has 0 atom stereocenters. The molecule has 0 heterocycles. The van der Waals surface area contributed by atoms with Gasteiger partial charge in [-0.05, 0) is 65.2 Å². The van der Waals surface area contributed by atoms with Crippen LogP contribution >= 0.6 is 27.5 Å². The van der Waals surface area contributed by atoms with E-state index >= 15 is 0 Å². The van der Waals surface area contributed by atoms with Crippen molar-refractivity contribution in [2.45, 2.75) is 13.8 Å². The molecule has 0 bridgehead atoms. The van der Waals surface area contributed by atoms with Crippen LogP contribution in [0.5, 0.6) is 0 Å². The van der Waals surface area contributed by atoms with Crippen molar-refractivity contribution in [1.82, 2.24) is 0 Å². The third-order valence-electron chi connectivity index (χ3n) is 2.72. The number of anilines is 3. The van der Waals surface area contributed by atoms with Crippen LogP contribution in [0.3, 0.4) is 0 Å². The smallest absolute Gasteiger partial charge is 0.0618 e. The van der Waals surface area contributed by atoms with E-state index in [9.17, 15) is 0 Å². The van der Waals surface area contributed by atoms with Gasteiger partial charge in [-0.1, -0.05) is 17.7 Å². The maximum Gasteiger partial charge on any atom is 0.0618 e. The average Bonchev–Trinajstić information content (AvgIpc) is 2.29. The van der Waals surface area contributed by atoms with Gasteiger partial charge in [-0.3, -0.25) is 0 Å². The fourth-order valence-corrected chi connectivity index (χ4v) is 2.40. The van der Waals surface area contributed by atoms with Gasteiger partial charge in [0.2, 0.25) is 0 Å². The van der Waals surface area contributed by atoms with E-state index in [-0.39, 0.29) is 0 Å². The molecule has 0 saturated heterocycles. The van der Waals surface area contributed by atoms with E-state index in [4.69, 9.17) is 17.3 Å². The van der Waals surface area contributed by atoms with Crippen molar-refractivity contribution in [1.29, 1.82) is 0 Å². The summed E-state index contributed by atoms with van der Waals surface area (Å²) in [5.74, 6) is 0. The van der Waals surface area contributed by atoms with Crippen molar-refractivity contribution < 1.29 is 0 Å². The minimum absolute atomic E-state index is 0.721. The predicted octanol–water partition coefficient (Wildman–Crippen LogP) is 5.05.